The maximum atomic E-state index is 12.3. The molecule has 0 bridgehead atoms. The molecule has 0 aliphatic rings. The van der Waals surface area contributed by atoms with Crippen molar-refractivity contribution in [2.75, 3.05) is 25.5 Å². The van der Waals surface area contributed by atoms with Crippen LogP contribution in [0.1, 0.15) is 12.5 Å². The van der Waals surface area contributed by atoms with Crippen molar-refractivity contribution in [3.8, 4) is 5.75 Å². The van der Waals surface area contributed by atoms with Gasteiger partial charge in [0.15, 0.2) is 0 Å². The normalized spacial score (nSPS) is 11.7. The second kappa shape index (κ2) is 9.17. The Hall–Kier alpha value is -2.64. The number of carbonyl (C=O) groups excluding carboxylic acids is 1. The van der Waals surface area contributed by atoms with E-state index in [0.717, 1.165) is 15.3 Å². The van der Waals surface area contributed by atoms with Crippen molar-refractivity contribution in [3.63, 3.8) is 0 Å². The molecule has 1 N–H and O–H groups in total. The summed E-state index contributed by atoms with van der Waals surface area (Å²) in [7, 11) is -2.35. The van der Waals surface area contributed by atoms with Crippen LogP contribution in [0.4, 0.5) is 5.69 Å². The molecule has 6 nitrogen and oxygen atoms in total. The molecule has 0 aliphatic heterocycles. The van der Waals surface area contributed by atoms with Gasteiger partial charge in [-0.2, -0.15) is 4.31 Å². The number of likely N-dealkylation sites (N-methyl/N-ethyl adjacent to an activating group) is 1. The summed E-state index contributed by atoms with van der Waals surface area (Å²) in [5.41, 5.74) is 1.27. The molecular formula is C19H22N2O4S. The molecule has 0 heterocycles. The first-order chi connectivity index (χ1) is 12.4. The summed E-state index contributed by atoms with van der Waals surface area (Å²) in [6, 6.07) is 16.1. The molecule has 0 atom stereocenters. The average Bonchev–Trinajstić information content (AvgIpc) is 2.63. The largest absolute Gasteiger partial charge is 0.492 e. The zero-order valence-electron chi connectivity index (χ0n) is 14.8. The monoisotopic (exact) mass is 374 g/mol. The molecule has 2 aromatic rings. The summed E-state index contributed by atoms with van der Waals surface area (Å²) in [5.74, 6) is 0.0918. The molecule has 0 saturated carbocycles. The van der Waals surface area contributed by atoms with Crippen LogP contribution in [0.5, 0.6) is 5.75 Å². The van der Waals surface area contributed by atoms with E-state index in [0.29, 0.717) is 18.0 Å². The van der Waals surface area contributed by atoms with Gasteiger partial charge in [-0.15, -0.1) is 0 Å². The maximum Gasteiger partial charge on any atom is 0.239 e. The van der Waals surface area contributed by atoms with Crippen molar-refractivity contribution in [2.45, 2.75) is 6.92 Å². The van der Waals surface area contributed by atoms with E-state index in [4.69, 9.17) is 4.74 Å². The number of carbonyl (C=O) groups is 1. The van der Waals surface area contributed by atoms with Crippen molar-refractivity contribution in [3.05, 3.63) is 65.6 Å². The molecule has 1 amide bonds. The van der Waals surface area contributed by atoms with Crippen LogP contribution >= 0.6 is 0 Å². The first-order valence-corrected chi connectivity index (χ1v) is 9.64. The van der Waals surface area contributed by atoms with Gasteiger partial charge in [0.25, 0.3) is 0 Å². The van der Waals surface area contributed by atoms with Crippen LogP contribution in [-0.4, -0.2) is 38.8 Å². The zero-order valence-corrected chi connectivity index (χ0v) is 15.6. The van der Waals surface area contributed by atoms with Crippen LogP contribution in [0.25, 0.3) is 6.08 Å². The van der Waals surface area contributed by atoms with E-state index in [1.807, 2.05) is 25.1 Å². The van der Waals surface area contributed by atoms with Crippen molar-refractivity contribution in [1.29, 1.82) is 0 Å². The molecule has 2 aromatic carbocycles. The Morgan fingerprint density at radius 1 is 1.12 bits per heavy atom. The molecule has 0 unspecified atom stereocenters. The first-order valence-electron chi connectivity index (χ1n) is 8.13. The summed E-state index contributed by atoms with van der Waals surface area (Å²) in [4.78, 5) is 12.2. The Bertz CT molecular complexity index is 864. The smallest absolute Gasteiger partial charge is 0.239 e. The molecule has 0 spiro atoms. The lowest BCUT2D eigenvalue weighted by Crippen LogP contribution is -2.33. The summed E-state index contributed by atoms with van der Waals surface area (Å²) >= 11 is 0. The Morgan fingerprint density at radius 2 is 1.77 bits per heavy atom. The Morgan fingerprint density at radius 3 is 2.46 bits per heavy atom. The van der Waals surface area contributed by atoms with Gasteiger partial charge in [-0.3, -0.25) is 4.79 Å². The molecule has 2 rings (SSSR count). The fourth-order valence-corrected chi connectivity index (χ4v) is 3.00. The number of para-hydroxylation sites is 2. The number of nitrogens with one attached hydrogen (secondary N) is 1. The van der Waals surface area contributed by atoms with Gasteiger partial charge in [-0.05, 0) is 30.7 Å². The van der Waals surface area contributed by atoms with Gasteiger partial charge in [-0.25, -0.2) is 8.42 Å². The maximum absolute atomic E-state index is 12.3. The number of hydrogen-bond acceptors (Lipinski definition) is 4. The van der Waals surface area contributed by atoms with Gasteiger partial charge in [-0.1, -0.05) is 42.5 Å². The van der Waals surface area contributed by atoms with Crippen LogP contribution in [0, 0.1) is 0 Å². The fraction of sp³-hybridized carbons (Fsp3) is 0.211. The van der Waals surface area contributed by atoms with E-state index < -0.39 is 15.9 Å². The topological polar surface area (TPSA) is 75.7 Å². The first kappa shape index (κ1) is 19.7. The summed E-state index contributed by atoms with van der Waals surface area (Å²) in [6.45, 7) is 2.01. The predicted octanol–water partition coefficient (Wildman–Crippen LogP) is 2.96. The van der Waals surface area contributed by atoms with E-state index in [-0.39, 0.29) is 6.54 Å². The average molecular weight is 374 g/mol. The summed E-state index contributed by atoms with van der Waals surface area (Å²) in [5, 5.41) is 3.77. The van der Waals surface area contributed by atoms with Crippen LogP contribution in [0.15, 0.2) is 60.0 Å². The third kappa shape index (κ3) is 5.72. The molecule has 0 fully saturated rings. The van der Waals surface area contributed by atoms with Gasteiger partial charge in [0, 0.05) is 12.5 Å². The molecule has 0 saturated heterocycles. The van der Waals surface area contributed by atoms with E-state index in [1.54, 1.807) is 36.4 Å². The van der Waals surface area contributed by atoms with E-state index >= 15 is 0 Å². The highest BCUT2D eigenvalue weighted by molar-refractivity contribution is 7.92. The quantitative estimate of drug-likeness (QED) is 0.771. The number of sulfonamides is 1. The molecule has 0 aliphatic carbocycles. The standard InChI is InChI=1S/C19H22N2O4S/c1-3-25-18-12-8-7-11-17(18)20-19(22)15-21(2)26(23,24)14-13-16-9-5-4-6-10-16/h4-14H,3,15H2,1-2H3,(H,20,22). The summed E-state index contributed by atoms with van der Waals surface area (Å²) in [6.07, 6.45) is 1.49. The minimum absolute atomic E-state index is 0.304. The lowest BCUT2D eigenvalue weighted by Gasteiger charge is -2.16. The molecule has 7 heteroatoms. The molecule has 0 aromatic heterocycles. The molecule has 0 radical (unpaired) electrons. The van der Waals surface area contributed by atoms with Crippen LogP contribution in [0.2, 0.25) is 0 Å². The van der Waals surface area contributed by atoms with Crippen molar-refractivity contribution in [1.82, 2.24) is 4.31 Å². The van der Waals surface area contributed by atoms with Crippen molar-refractivity contribution >= 4 is 27.7 Å². The Balaban J connectivity index is 2.01. The molecular weight excluding hydrogens is 352 g/mol. The van der Waals surface area contributed by atoms with E-state index in [9.17, 15) is 13.2 Å². The van der Waals surface area contributed by atoms with Gasteiger partial charge < -0.3 is 10.1 Å². The summed E-state index contributed by atoms with van der Waals surface area (Å²) < 4.78 is 31.0. The SMILES string of the molecule is CCOc1ccccc1NC(=O)CN(C)S(=O)(=O)C=Cc1ccccc1. The second-order valence-corrected chi connectivity index (χ2v) is 7.42. The Labute approximate surface area is 154 Å². The molecule has 26 heavy (non-hydrogen) atoms. The van der Waals surface area contributed by atoms with E-state index in [2.05, 4.69) is 5.32 Å². The second-order valence-electron chi connectivity index (χ2n) is 5.49. The third-order valence-electron chi connectivity index (χ3n) is 3.49. The third-order valence-corrected chi connectivity index (χ3v) is 4.97. The highest BCUT2D eigenvalue weighted by Gasteiger charge is 2.18. The molecule has 138 valence electrons. The Kier molecular flexibility index (Phi) is 6.94. The minimum Gasteiger partial charge on any atom is -0.492 e. The number of hydrogen-bond donors (Lipinski definition) is 1. The van der Waals surface area contributed by atoms with Crippen LogP contribution in [-0.2, 0) is 14.8 Å². The van der Waals surface area contributed by atoms with Gasteiger partial charge in [0.1, 0.15) is 5.75 Å². The number of rotatable bonds is 8. The predicted molar refractivity (Wildman–Crippen MR) is 103 cm³/mol. The lowest BCUT2D eigenvalue weighted by atomic mass is 10.2. The van der Waals surface area contributed by atoms with E-state index in [1.165, 1.54) is 13.1 Å². The lowest BCUT2D eigenvalue weighted by molar-refractivity contribution is -0.116. The number of ether oxygens (including phenoxy) is 1. The fourth-order valence-electron chi connectivity index (χ4n) is 2.17. The zero-order chi connectivity index (χ0) is 19.0. The van der Waals surface area contributed by atoms with Gasteiger partial charge in [0.2, 0.25) is 15.9 Å². The minimum atomic E-state index is -3.71. The van der Waals surface area contributed by atoms with Crippen LogP contribution < -0.4 is 10.1 Å². The van der Waals surface area contributed by atoms with Gasteiger partial charge >= 0.3 is 0 Å². The number of benzene rings is 2. The number of anilines is 1. The van der Waals surface area contributed by atoms with Gasteiger partial charge in [0.05, 0.1) is 18.8 Å². The number of nitrogens with zero attached hydrogens (tertiary/aromatic N) is 1. The van der Waals surface area contributed by atoms with Crippen molar-refractivity contribution in [2.24, 2.45) is 0 Å². The highest BCUT2D eigenvalue weighted by atomic mass is 32.2. The highest BCUT2D eigenvalue weighted by Crippen LogP contribution is 2.23. The number of amides is 1. The van der Waals surface area contributed by atoms with Crippen LogP contribution in [0.3, 0.4) is 0 Å². The van der Waals surface area contributed by atoms with Crippen molar-refractivity contribution < 1.29 is 17.9 Å².